The van der Waals surface area contributed by atoms with Gasteiger partial charge in [0.15, 0.2) is 17.3 Å². The van der Waals surface area contributed by atoms with Crippen molar-refractivity contribution in [2.24, 2.45) is 0 Å². The minimum absolute atomic E-state index is 0.188. The third-order valence-electron chi connectivity index (χ3n) is 5.34. The smallest absolute Gasteiger partial charge is 0.329 e. The van der Waals surface area contributed by atoms with Gasteiger partial charge in [0.2, 0.25) is 0 Å². The topological polar surface area (TPSA) is 104 Å². The van der Waals surface area contributed by atoms with Crippen LogP contribution in [-0.2, 0) is 9.47 Å². The number of benzene rings is 2. The van der Waals surface area contributed by atoms with Crippen LogP contribution in [0.5, 0.6) is 11.5 Å². The largest absolute Gasteiger partial charge is 0.493 e. The van der Waals surface area contributed by atoms with Gasteiger partial charge in [-0.2, -0.15) is 0 Å². The van der Waals surface area contributed by atoms with Crippen LogP contribution in [-0.4, -0.2) is 48.2 Å². The molecule has 2 aromatic carbocycles. The van der Waals surface area contributed by atoms with Crippen molar-refractivity contribution in [2.75, 3.05) is 25.6 Å². The van der Waals surface area contributed by atoms with Gasteiger partial charge in [-0.05, 0) is 44.9 Å². The number of hydrogen-bond donors (Lipinski definition) is 2. The molecule has 3 aromatic rings. The van der Waals surface area contributed by atoms with Gasteiger partial charge in [0.1, 0.15) is 24.1 Å². The van der Waals surface area contributed by atoms with Crippen LogP contribution in [0.3, 0.4) is 0 Å². The predicted octanol–water partition coefficient (Wildman–Crippen LogP) is 4.61. The highest BCUT2D eigenvalue weighted by atomic mass is 32.2. The monoisotopic (exact) mass is 484 g/mol. The molecule has 1 saturated heterocycles. The Kier molecular flexibility index (Phi) is 7.11. The lowest BCUT2D eigenvalue weighted by Gasteiger charge is -2.18. The summed E-state index contributed by atoms with van der Waals surface area (Å²) in [6.45, 7) is 8.39. The quantitative estimate of drug-likeness (QED) is 0.370. The van der Waals surface area contributed by atoms with Gasteiger partial charge < -0.3 is 24.3 Å². The van der Waals surface area contributed by atoms with Gasteiger partial charge in [-0.1, -0.05) is 18.2 Å². The molecule has 10 heteroatoms. The molecule has 2 amide bonds. The van der Waals surface area contributed by atoms with Gasteiger partial charge in [-0.3, -0.25) is 4.72 Å². The van der Waals surface area contributed by atoms with Crippen LogP contribution >= 0.6 is 11.9 Å². The van der Waals surface area contributed by atoms with E-state index >= 15 is 0 Å². The maximum absolute atomic E-state index is 12.5. The summed E-state index contributed by atoms with van der Waals surface area (Å²) >= 11 is 1.10. The fourth-order valence-electron chi connectivity index (χ4n) is 3.67. The van der Waals surface area contributed by atoms with Gasteiger partial charge >= 0.3 is 6.03 Å². The molecular weight excluding hydrogens is 456 g/mol. The fourth-order valence-corrected chi connectivity index (χ4v) is 4.28. The molecule has 1 unspecified atom stereocenters. The summed E-state index contributed by atoms with van der Waals surface area (Å²) in [7, 11) is 1.57. The number of nitrogens with zero attached hydrogens (tertiary/aromatic N) is 2. The number of anilines is 1. The first-order valence-corrected chi connectivity index (χ1v) is 11.6. The van der Waals surface area contributed by atoms with Gasteiger partial charge in [0.25, 0.3) is 0 Å². The summed E-state index contributed by atoms with van der Waals surface area (Å²) in [6, 6.07) is 9.10. The average molecular weight is 485 g/mol. The molecule has 2 heterocycles. The summed E-state index contributed by atoms with van der Waals surface area (Å²) in [5.74, 6) is 0.448. The van der Waals surface area contributed by atoms with Crippen LogP contribution in [0.4, 0.5) is 10.5 Å². The van der Waals surface area contributed by atoms with Crippen molar-refractivity contribution < 1.29 is 23.7 Å². The van der Waals surface area contributed by atoms with E-state index in [1.54, 1.807) is 13.2 Å². The Morgan fingerprint density at radius 1 is 1.21 bits per heavy atom. The minimum atomic E-state index is -0.623. The van der Waals surface area contributed by atoms with Crippen LogP contribution < -0.4 is 19.5 Å². The summed E-state index contributed by atoms with van der Waals surface area (Å²) in [5.41, 5.74) is 3.43. The zero-order valence-electron chi connectivity index (χ0n) is 19.8. The molecule has 34 heavy (non-hydrogen) atoms. The molecule has 4 rings (SSSR count). The number of ether oxygens (including phenoxy) is 4. The Hall–Kier alpha value is -3.08. The first kappa shape index (κ1) is 24.1. The second-order valence-electron chi connectivity index (χ2n) is 8.39. The highest BCUT2D eigenvalue weighted by molar-refractivity contribution is 7.98. The number of carbonyl (C=O) groups excluding carboxylic acids is 1. The molecule has 1 atom stereocenters. The van der Waals surface area contributed by atoms with Crippen LogP contribution in [0.25, 0.3) is 10.9 Å². The average Bonchev–Trinajstić information content (AvgIpc) is 3.16. The van der Waals surface area contributed by atoms with Gasteiger partial charge in [0.05, 0.1) is 19.2 Å². The standard InChI is InChI=1S/C24H28N4O5S/c1-14-7-6-8-15(2)21(14)27-23(29)28-34-22-17-9-20(19(30-5)10-18(17)25-13-26-22)31-11-16-12-32-24(3,4)33-16/h6-10,13,16H,11-12H2,1-5H3,(H2,27,28,29). The van der Waals surface area contributed by atoms with Crippen molar-refractivity contribution in [3.63, 3.8) is 0 Å². The van der Waals surface area contributed by atoms with Gasteiger partial charge in [-0.25, -0.2) is 14.8 Å². The zero-order chi connectivity index (χ0) is 24.3. The van der Waals surface area contributed by atoms with E-state index in [4.69, 9.17) is 18.9 Å². The summed E-state index contributed by atoms with van der Waals surface area (Å²) in [5, 5.41) is 4.20. The summed E-state index contributed by atoms with van der Waals surface area (Å²) < 4.78 is 25.7. The first-order valence-electron chi connectivity index (χ1n) is 10.8. The molecular formula is C24H28N4O5S. The Bertz CT molecular complexity index is 1180. The van der Waals surface area contributed by atoms with Crippen molar-refractivity contribution in [1.82, 2.24) is 14.7 Å². The van der Waals surface area contributed by atoms with Gasteiger partial charge in [0, 0.05) is 29.1 Å². The summed E-state index contributed by atoms with van der Waals surface area (Å²) in [4.78, 5) is 21.2. The van der Waals surface area contributed by atoms with E-state index in [0.717, 1.165) is 34.1 Å². The van der Waals surface area contributed by atoms with Crippen LogP contribution in [0.15, 0.2) is 41.7 Å². The fraction of sp³-hybridized carbons (Fsp3) is 0.375. The number of carbonyl (C=O) groups is 1. The zero-order valence-corrected chi connectivity index (χ0v) is 20.6. The van der Waals surface area contributed by atoms with E-state index in [9.17, 15) is 4.79 Å². The number of nitrogens with one attached hydrogen (secondary N) is 2. The van der Waals surface area contributed by atoms with E-state index in [1.165, 1.54) is 6.33 Å². The molecule has 1 aliphatic rings. The Morgan fingerprint density at radius 2 is 1.97 bits per heavy atom. The van der Waals surface area contributed by atoms with E-state index in [-0.39, 0.29) is 12.1 Å². The first-order chi connectivity index (χ1) is 16.3. The van der Waals surface area contributed by atoms with Crippen LogP contribution in [0.1, 0.15) is 25.0 Å². The van der Waals surface area contributed by atoms with E-state index in [1.807, 2.05) is 52.0 Å². The number of methoxy groups -OCH3 is 1. The minimum Gasteiger partial charge on any atom is -0.493 e. The van der Waals surface area contributed by atoms with E-state index in [0.29, 0.717) is 35.3 Å². The second kappa shape index (κ2) is 10.0. The molecule has 1 aliphatic heterocycles. The van der Waals surface area contributed by atoms with E-state index in [2.05, 4.69) is 20.0 Å². The molecule has 1 aromatic heterocycles. The highest BCUT2D eigenvalue weighted by Crippen LogP contribution is 2.35. The third-order valence-corrected chi connectivity index (χ3v) is 6.14. The molecule has 0 radical (unpaired) electrons. The lowest BCUT2D eigenvalue weighted by atomic mass is 10.1. The van der Waals surface area contributed by atoms with Gasteiger partial charge in [-0.15, -0.1) is 0 Å². The molecule has 0 aliphatic carbocycles. The molecule has 9 nitrogen and oxygen atoms in total. The maximum atomic E-state index is 12.5. The molecule has 0 spiro atoms. The van der Waals surface area contributed by atoms with Crippen molar-refractivity contribution in [3.05, 3.63) is 47.8 Å². The molecule has 0 bridgehead atoms. The number of amides is 2. The number of fused-ring (bicyclic) bond motifs is 1. The molecule has 180 valence electrons. The number of aryl methyl sites for hydroxylation is 2. The van der Waals surface area contributed by atoms with Crippen molar-refractivity contribution in [2.45, 2.75) is 44.6 Å². The van der Waals surface area contributed by atoms with Crippen molar-refractivity contribution in [1.29, 1.82) is 0 Å². The van der Waals surface area contributed by atoms with Crippen LogP contribution in [0, 0.1) is 13.8 Å². The second-order valence-corrected chi connectivity index (χ2v) is 9.18. The highest BCUT2D eigenvalue weighted by Gasteiger charge is 2.33. The normalized spacial score (nSPS) is 16.9. The molecule has 2 N–H and O–H groups in total. The predicted molar refractivity (Wildman–Crippen MR) is 130 cm³/mol. The number of rotatable bonds is 7. The molecule has 1 fully saturated rings. The van der Waals surface area contributed by atoms with Crippen LogP contribution in [0.2, 0.25) is 0 Å². The van der Waals surface area contributed by atoms with Crippen molar-refractivity contribution in [3.8, 4) is 11.5 Å². The number of urea groups is 1. The third kappa shape index (κ3) is 5.52. The SMILES string of the molecule is COc1cc2ncnc(SNC(=O)Nc3c(C)cccc3C)c2cc1OCC1COC(C)(C)O1. The Morgan fingerprint density at radius 3 is 2.65 bits per heavy atom. The lowest BCUT2D eigenvalue weighted by molar-refractivity contribution is -0.141. The maximum Gasteiger partial charge on any atom is 0.329 e. The van der Waals surface area contributed by atoms with E-state index < -0.39 is 5.79 Å². The molecule has 0 saturated carbocycles. The number of aromatic nitrogens is 2. The van der Waals surface area contributed by atoms with Crippen molar-refractivity contribution >= 4 is 34.6 Å². The summed E-state index contributed by atoms with van der Waals surface area (Å²) in [6.07, 6.45) is 1.26. The Balaban J connectivity index is 1.49. The number of hydrogen-bond acceptors (Lipinski definition) is 8. The lowest BCUT2D eigenvalue weighted by Crippen LogP contribution is -2.25. The Labute approximate surface area is 202 Å². The number of para-hydroxylation sites is 1.